The summed E-state index contributed by atoms with van der Waals surface area (Å²) in [5, 5.41) is -0.0566. The fourth-order valence-corrected chi connectivity index (χ4v) is 3.90. The van der Waals surface area contributed by atoms with Crippen LogP contribution >= 0.6 is 0 Å². The van der Waals surface area contributed by atoms with Crippen LogP contribution < -0.4 is 15.0 Å². The molecule has 1 atom stereocenters. The van der Waals surface area contributed by atoms with Crippen LogP contribution in [-0.4, -0.2) is 20.4 Å². The largest absolute Gasteiger partial charge is 0.590 e. The molecule has 1 amide bonds. The number of pyridine rings is 2. The van der Waals surface area contributed by atoms with Crippen LogP contribution in [0, 0.1) is 26.7 Å². The lowest BCUT2D eigenvalue weighted by Gasteiger charge is -2.21. The third kappa shape index (κ3) is 6.07. The van der Waals surface area contributed by atoms with Crippen molar-refractivity contribution < 1.29 is 18.5 Å². The van der Waals surface area contributed by atoms with E-state index in [0.29, 0.717) is 5.75 Å². The van der Waals surface area contributed by atoms with Crippen molar-refractivity contribution in [1.82, 2.24) is 20.2 Å². The number of carbonyl (C=O) groups excluding carboxylic acids is 1. The van der Waals surface area contributed by atoms with E-state index in [2.05, 4.69) is 20.2 Å². The number of rotatable bonds is 6. The molecule has 7 nitrogen and oxygen atoms in total. The second-order valence-corrected chi connectivity index (χ2v) is 9.91. The van der Waals surface area contributed by atoms with Gasteiger partial charge in [-0.25, -0.2) is 10.4 Å². The molecule has 2 N–H and O–H groups in total. The van der Waals surface area contributed by atoms with Gasteiger partial charge in [-0.2, -0.15) is 9.37 Å². The van der Waals surface area contributed by atoms with Crippen LogP contribution in [0.1, 0.15) is 53.5 Å². The SMILES string of the molecule is Cc1cc(C)c(Oc2nc(C(C)(C)C)ccc2C(=O)NN[S+]([O-])c2cccc(F)n2)c(C)c1. The van der Waals surface area contributed by atoms with Gasteiger partial charge in [-0.05, 0) is 54.9 Å². The number of nitrogens with one attached hydrogen (secondary N) is 2. The average Bonchev–Trinajstić information content (AvgIpc) is 2.73. The zero-order chi connectivity index (χ0) is 24.3. The van der Waals surface area contributed by atoms with Gasteiger partial charge < -0.3 is 9.29 Å². The summed E-state index contributed by atoms with van der Waals surface area (Å²) in [4.78, 5) is 23.4. The maximum atomic E-state index is 13.3. The van der Waals surface area contributed by atoms with Gasteiger partial charge in [0.1, 0.15) is 22.7 Å². The second kappa shape index (κ2) is 9.86. The summed E-state index contributed by atoms with van der Waals surface area (Å²) in [7, 11) is 0. The molecule has 3 aromatic rings. The lowest BCUT2D eigenvalue weighted by atomic mass is 9.91. The fraction of sp³-hybridized carbons (Fsp3) is 0.292. The minimum atomic E-state index is -1.96. The van der Waals surface area contributed by atoms with Crippen molar-refractivity contribution in [3.8, 4) is 11.6 Å². The van der Waals surface area contributed by atoms with Crippen molar-refractivity contribution in [3.63, 3.8) is 0 Å². The molecule has 1 aromatic carbocycles. The van der Waals surface area contributed by atoms with Crippen molar-refractivity contribution >= 4 is 17.3 Å². The van der Waals surface area contributed by atoms with Crippen LogP contribution in [0.5, 0.6) is 11.6 Å². The standard InChI is InChI=1S/C24H27FN4O3S/c1-14-12-15(2)21(16(3)13-14)32-23-17(10-11-18(26-23)24(4,5)6)22(30)28-29-33(31)20-9-7-8-19(25)27-20/h7-13,29H,1-6H3,(H,28,30). The number of hydrogen-bond acceptors (Lipinski definition) is 6. The molecule has 9 heteroatoms. The number of benzene rings is 1. The third-order valence-electron chi connectivity index (χ3n) is 4.81. The Morgan fingerprint density at radius 2 is 1.73 bits per heavy atom. The molecule has 0 saturated heterocycles. The van der Waals surface area contributed by atoms with Crippen LogP contribution in [0.2, 0.25) is 0 Å². The molecular weight excluding hydrogens is 443 g/mol. The molecule has 33 heavy (non-hydrogen) atoms. The summed E-state index contributed by atoms with van der Waals surface area (Å²) >= 11 is -1.96. The molecule has 0 radical (unpaired) electrons. The first-order valence-corrected chi connectivity index (χ1v) is 11.5. The van der Waals surface area contributed by atoms with E-state index < -0.39 is 23.2 Å². The molecule has 3 rings (SSSR count). The third-order valence-corrected chi connectivity index (χ3v) is 5.71. The monoisotopic (exact) mass is 470 g/mol. The number of nitrogens with zero attached hydrogens (tertiary/aromatic N) is 2. The summed E-state index contributed by atoms with van der Waals surface area (Å²) in [6.07, 6.45) is 0. The van der Waals surface area contributed by atoms with E-state index >= 15 is 0 Å². The van der Waals surface area contributed by atoms with Crippen LogP contribution in [-0.2, 0) is 16.8 Å². The number of ether oxygens (including phenoxy) is 1. The van der Waals surface area contributed by atoms with Crippen LogP contribution in [0.25, 0.3) is 0 Å². The number of amides is 1. The maximum absolute atomic E-state index is 13.3. The molecule has 0 aliphatic heterocycles. The summed E-state index contributed by atoms with van der Waals surface area (Å²) in [6, 6.07) is 11.3. The van der Waals surface area contributed by atoms with Gasteiger partial charge in [0, 0.05) is 17.2 Å². The highest BCUT2D eigenvalue weighted by Gasteiger charge is 2.24. The van der Waals surface area contributed by atoms with E-state index in [9.17, 15) is 13.7 Å². The Morgan fingerprint density at radius 1 is 1.06 bits per heavy atom. The summed E-state index contributed by atoms with van der Waals surface area (Å²) in [5.41, 5.74) is 5.93. The van der Waals surface area contributed by atoms with E-state index in [1.165, 1.54) is 12.1 Å². The van der Waals surface area contributed by atoms with Crippen LogP contribution in [0.15, 0.2) is 47.5 Å². The van der Waals surface area contributed by atoms with Gasteiger partial charge >= 0.3 is 0 Å². The van der Waals surface area contributed by atoms with Crippen molar-refractivity contribution in [2.45, 2.75) is 52.0 Å². The molecular formula is C24H27FN4O3S. The van der Waals surface area contributed by atoms with Gasteiger partial charge in [-0.15, -0.1) is 0 Å². The summed E-state index contributed by atoms with van der Waals surface area (Å²) in [6.45, 7) is 11.9. The maximum Gasteiger partial charge on any atom is 0.274 e. The minimum absolute atomic E-state index is 0.0566. The van der Waals surface area contributed by atoms with Crippen molar-refractivity contribution in [2.24, 2.45) is 0 Å². The van der Waals surface area contributed by atoms with E-state index in [1.807, 2.05) is 53.7 Å². The second-order valence-electron chi connectivity index (χ2n) is 8.75. The number of carbonyl (C=O) groups is 1. The van der Waals surface area contributed by atoms with Gasteiger partial charge in [0.05, 0.1) is 0 Å². The predicted molar refractivity (Wildman–Crippen MR) is 125 cm³/mol. The Hall–Kier alpha value is -3.01. The van der Waals surface area contributed by atoms with Crippen molar-refractivity contribution in [3.05, 3.63) is 76.4 Å². The Balaban J connectivity index is 1.90. The highest BCUT2D eigenvalue weighted by molar-refractivity contribution is 7.89. The van der Waals surface area contributed by atoms with Crippen molar-refractivity contribution in [2.75, 3.05) is 0 Å². The Morgan fingerprint density at radius 3 is 2.33 bits per heavy atom. The molecule has 1 unspecified atom stereocenters. The van der Waals surface area contributed by atoms with Crippen LogP contribution in [0.3, 0.4) is 0 Å². The highest BCUT2D eigenvalue weighted by Crippen LogP contribution is 2.32. The number of hydrazine groups is 1. The smallest absolute Gasteiger partial charge is 0.274 e. The van der Waals surface area contributed by atoms with Gasteiger partial charge in [-0.1, -0.05) is 44.5 Å². The highest BCUT2D eigenvalue weighted by atomic mass is 32.2. The topological polar surface area (TPSA) is 99.2 Å². The Labute approximate surface area is 196 Å². The number of hydrogen-bond donors (Lipinski definition) is 2. The predicted octanol–water partition coefficient (Wildman–Crippen LogP) is 4.59. The summed E-state index contributed by atoms with van der Waals surface area (Å²) < 4.78 is 31.8. The molecule has 2 heterocycles. The van der Waals surface area contributed by atoms with Crippen molar-refractivity contribution in [1.29, 1.82) is 0 Å². The zero-order valence-corrected chi connectivity index (χ0v) is 20.3. The Kier molecular flexibility index (Phi) is 7.36. The quantitative estimate of drug-likeness (QED) is 0.311. The Bertz CT molecular complexity index is 1160. The molecule has 0 bridgehead atoms. The van der Waals surface area contributed by atoms with Gasteiger partial charge in [0.15, 0.2) is 0 Å². The number of halogens is 1. The molecule has 0 aliphatic rings. The average molecular weight is 471 g/mol. The van der Waals surface area contributed by atoms with E-state index in [0.717, 1.165) is 28.5 Å². The minimum Gasteiger partial charge on any atom is -0.590 e. The molecule has 0 saturated carbocycles. The van der Waals surface area contributed by atoms with Gasteiger partial charge in [0.25, 0.3) is 10.9 Å². The number of aryl methyl sites for hydroxylation is 3. The van der Waals surface area contributed by atoms with Crippen LogP contribution in [0.4, 0.5) is 4.39 Å². The zero-order valence-electron chi connectivity index (χ0n) is 19.4. The fourth-order valence-electron chi connectivity index (χ4n) is 3.24. The summed E-state index contributed by atoms with van der Waals surface area (Å²) in [5.74, 6) is -0.624. The van der Waals surface area contributed by atoms with Gasteiger partial charge in [0.2, 0.25) is 11.8 Å². The lowest BCUT2D eigenvalue weighted by Crippen LogP contribution is -2.42. The molecule has 0 aliphatic carbocycles. The molecule has 0 fully saturated rings. The molecule has 0 spiro atoms. The number of aromatic nitrogens is 2. The normalized spacial score (nSPS) is 12.4. The molecule has 2 aromatic heterocycles. The molecule has 174 valence electrons. The van der Waals surface area contributed by atoms with E-state index in [1.54, 1.807) is 12.1 Å². The first-order valence-electron chi connectivity index (χ1n) is 10.3. The van der Waals surface area contributed by atoms with E-state index in [4.69, 9.17) is 4.74 Å². The lowest BCUT2D eigenvalue weighted by molar-refractivity contribution is 0.0942. The van der Waals surface area contributed by atoms with E-state index in [-0.39, 0.29) is 21.9 Å². The first-order chi connectivity index (χ1) is 15.5. The first kappa shape index (κ1) is 24.6. The van der Waals surface area contributed by atoms with Gasteiger partial charge in [-0.3, -0.25) is 4.79 Å².